The number of hydrogen-bond donors (Lipinski definition) is 3. The number of rotatable bonds is 8. The molecule has 0 unspecified atom stereocenters. The molecule has 0 saturated carbocycles. The molecule has 166 valence electrons. The Morgan fingerprint density at radius 3 is 2.34 bits per heavy atom. The fraction of sp³-hybridized carbons (Fsp3) is 0.174. The fourth-order valence-corrected chi connectivity index (χ4v) is 4.54. The van der Waals surface area contributed by atoms with Crippen molar-refractivity contribution in [1.29, 1.82) is 0 Å². The van der Waals surface area contributed by atoms with E-state index in [-0.39, 0.29) is 11.7 Å². The van der Waals surface area contributed by atoms with Crippen molar-refractivity contribution in [3.8, 4) is 11.5 Å². The van der Waals surface area contributed by atoms with E-state index < -0.39 is 11.8 Å². The van der Waals surface area contributed by atoms with E-state index in [9.17, 15) is 9.59 Å². The van der Waals surface area contributed by atoms with E-state index in [1.165, 1.54) is 11.3 Å². The van der Waals surface area contributed by atoms with Crippen LogP contribution in [0, 0.1) is 6.92 Å². The maximum absolute atomic E-state index is 12.2. The van der Waals surface area contributed by atoms with Crippen LogP contribution in [0.1, 0.15) is 26.4 Å². The smallest absolute Gasteiger partial charge is 0.264 e. The molecule has 9 heteroatoms. The topological polar surface area (TPSA) is 103 Å². The van der Waals surface area contributed by atoms with E-state index in [1.807, 2.05) is 37.3 Å². The van der Waals surface area contributed by atoms with Gasteiger partial charge in [0, 0.05) is 11.3 Å². The predicted octanol–water partition coefficient (Wildman–Crippen LogP) is 3.65. The number of benzene rings is 2. The highest BCUT2D eigenvalue weighted by atomic mass is 32.1. The number of anilines is 1. The summed E-state index contributed by atoms with van der Waals surface area (Å²) < 4.78 is 10.5. The number of thiocarbonyl (C=S) groups is 1. The van der Waals surface area contributed by atoms with Crippen molar-refractivity contribution in [2.45, 2.75) is 13.3 Å². The van der Waals surface area contributed by atoms with Gasteiger partial charge < -0.3 is 20.5 Å². The van der Waals surface area contributed by atoms with Crippen molar-refractivity contribution < 1.29 is 19.1 Å². The van der Waals surface area contributed by atoms with E-state index in [4.69, 9.17) is 27.4 Å². The van der Waals surface area contributed by atoms with Crippen LogP contribution in [0.2, 0.25) is 0 Å². The minimum atomic E-state index is -0.558. The van der Waals surface area contributed by atoms with E-state index in [0.29, 0.717) is 28.5 Å². The number of methoxy groups -OCH3 is 1. The minimum absolute atomic E-state index is 0.0587. The monoisotopic (exact) mass is 469 g/mol. The van der Waals surface area contributed by atoms with Crippen LogP contribution in [-0.2, 0) is 11.2 Å². The third-order valence-electron chi connectivity index (χ3n) is 4.61. The Bertz CT molecular complexity index is 1110. The van der Waals surface area contributed by atoms with Gasteiger partial charge in [-0.05, 0) is 54.5 Å². The van der Waals surface area contributed by atoms with Gasteiger partial charge in [0.1, 0.15) is 16.5 Å². The summed E-state index contributed by atoms with van der Waals surface area (Å²) in [4.78, 5) is 25.2. The molecule has 2 aromatic carbocycles. The first-order chi connectivity index (χ1) is 15.4. The van der Waals surface area contributed by atoms with E-state index in [2.05, 4.69) is 10.6 Å². The van der Waals surface area contributed by atoms with Gasteiger partial charge in [-0.3, -0.25) is 14.9 Å². The van der Waals surface area contributed by atoms with Crippen molar-refractivity contribution in [2.24, 2.45) is 5.73 Å². The highest BCUT2D eigenvalue weighted by molar-refractivity contribution is 7.80. The van der Waals surface area contributed by atoms with Crippen molar-refractivity contribution in [3.63, 3.8) is 0 Å². The van der Waals surface area contributed by atoms with E-state index >= 15 is 0 Å². The van der Waals surface area contributed by atoms with Crippen LogP contribution in [0.15, 0.2) is 54.6 Å². The standard InChI is InChI=1S/C23H23N3O4S2/c1-14-18(12-15-6-4-3-5-7-15)32-22(20(14)21(24)28)26-23(31)25-19(27)13-30-17-10-8-16(29-2)9-11-17/h3-11H,12-13H2,1-2H3,(H2,24,28)(H2,25,26,27,31). The van der Waals surface area contributed by atoms with Crippen molar-refractivity contribution in [3.05, 3.63) is 76.2 Å². The lowest BCUT2D eigenvalue weighted by Crippen LogP contribution is -2.37. The van der Waals surface area contributed by atoms with Crippen LogP contribution in [0.4, 0.5) is 5.00 Å². The number of nitrogens with two attached hydrogens (primary N) is 1. The molecule has 4 N–H and O–H groups in total. The zero-order valence-electron chi connectivity index (χ0n) is 17.6. The molecule has 0 spiro atoms. The number of hydrogen-bond acceptors (Lipinski definition) is 6. The third-order valence-corrected chi connectivity index (χ3v) is 6.02. The first-order valence-electron chi connectivity index (χ1n) is 9.71. The highest BCUT2D eigenvalue weighted by Crippen LogP contribution is 2.34. The van der Waals surface area contributed by atoms with Gasteiger partial charge in [0.2, 0.25) is 0 Å². The van der Waals surface area contributed by atoms with Crippen molar-refractivity contribution in [1.82, 2.24) is 5.32 Å². The van der Waals surface area contributed by atoms with Gasteiger partial charge in [-0.25, -0.2) is 0 Å². The number of carbonyl (C=O) groups excluding carboxylic acids is 2. The van der Waals surface area contributed by atoms with Crippen LogP contribution in [0.5, 0.6) is 11.5 Å². The average Bonchev–Trinajstić information content (AvgIpc) is 3.07. The normalized spacial score (nSPS) is 10.3. The number of primary amides is 1. The molecule has 0 saturated heterocycles. The van der Waals surface area contributed by atoms with Crippen molar-refractivity contribution >= 4 is 45.5 Å². The maximum Gasteiger partial charge on any atom is 0.264 e. The van der Waals surface area contributed by atoms with Crippen molar-refractivity contribution in [2.75, 3.05) is 19.0 Å². The lowest BCUT2D eigenvalue weighted by atomic mass is 10.1. The van der Waals surface area contributed by atoms with Gasteiger partial charge in [-0.1, -0.05) is 30.3 Å². The van der Waals surface area contributed by atoms with Gasteiger partial charge in [0.25, 0.3) is 11.8 Å². The second kappa shape index (κ2) is 10.7. The van der Waals surface area contributed by atoms with Crippen LogP contribution in [-0.4, -0.2) is 30.6 Å². The van der Waals surface area contributed by atoms with Crippen LogP contribution in [0.3, 0.4) is 0 Å². The molecule has 0 radical (unpaired) electrons. The summed E-state index contributed by atoms with van der Waals surface area (Å²) in [5.74, 6) is 0.222. The molecule has 0 aliphatic carbocycles. The summed E-state index contributed by atoms with van der Waals surface area (Å²) in [6.45, 7) is 1.63. The first kappa shape index (κ1) is 23.2. The van der Waals surface area contributed by atoms with Gasteiger partial charge >= 0.3 is 0 Å². The first-order valence-corrected chi connectivity index (χ1v) is 10.9. The molecule has 0 atom stereocenters. The third kappa shape index (κ3) is 6.05. The van der Waals surface area contributed by atoms with Gasteiger partial charge in [-0.15, -0.1) is 11.3 Å². The number of thiophene rings is 1. The second-order valence-corrected chi connectivity index (χ2v) is 8.36. The predicted molar refractivity (Wildman–Crippen MR) is 130 cm³/mol. The quantitative estimate of drug-likeness (QED) is 0.435. The number of ether oxygens (including phenoxy) is 2. The molecule has 1 aromatic heterocycles. The molecular weight excluding hydrogens is 446 g/mol. The minimum Gasteiger partial charge on any atom is -0.497 e. The summed E-state index contributed by atoms with van der Waals surface area (Å²) in [6, 6.07) is 16.8. The van der Waals surface area contributed by atoms with Crippen LogP contribution >= 0.6 is 23.6 Å². The zero-order chi connectivity index (χ0) is 23.1. The summed E-state index contributed by atoms with van der Waals surface area (Å²) in [6.07, 6.45) is 0.661. The lowest BCUT2D eigenvalue weighted by Gasteiger charge is -2.10. The van der Waals surface area contributed by atoms with Crippen LogP contribution < -0.4 is 25.8 Å². The number of nitrogens with one attached hydrogen (secondary N) is 2. The molecule has 2 amide bonds. The molecule has 1 heterocycles. The fourth-order valence-electron chi connectivity index (χ4n) is 3.01. The Kier molecular flexibility index (Phi) is 7.80. The van der Waals surface area contributed by atoms with Gasteiger partial charge in [0.15, 0.2) is 11.7 Å². The highest BCUT2D eigenvalue weighted by Gasteiger charge is 2.20. The van der Waals surface area contributed by atoms with Gasteiger partial charge in [-0.2, -0.15) is 0 Å². The Labute approximate surface area is 195 Å². The van der Waals surface area contributed by atoms with Crippen LogP contribution in [0.25, 0.3) is 0 Å². The zero-order valence-corrected chi connectivity index (χ0v) is 19.3. The lowest BCUT2D eigenvalue weighted by molar-refractivity contribution is -0.121. The maximum atomic E-state index is 12.2. The Morgan fingerprint density at radius 1 is 1.06 bits per heavy atom. The summed E-state index contributed by atoms with van der Waals surface area (Å²) in [5, 5.41) is 6.04. The second-order valence-electron chi connectivity index (χ2n) is 6.85. The Morgan fingerprint density at radius 2 is 1.72 bits per heavy atom. The molecule has 32 heavy (non-hydrogen) atoms. The average molecular weight is 470 g/mol. The molecule has 0 fully saturated rings. The summed E-state index contributed by atoms with van der Waals surface area (Å²) >= 11 is 6.63. The largest absolute Gasteiger partial charge is 0.497 e. The Hall–Kier alpha value is -3.43. The number of carbonyl (C=O) groups is 2. The molecule has 7 nitrogen and oxygen atoms in total. The SMILES string of the molecule is COc1ccc(OCC(=O)NC(=S)Nc2sc(Cc3ccccc3)c(C)c2C(N)=O)cc1. The summed E-state index contributed by atoms with van der Waals surface area (Å²) in [7, 11) is 1.57. The molecule has 3 rings (SSSR count). The van der Waals surface area contributed by atoms with E-state index in [1.54, 1.807) is 31.4 Å². The van der Waals surface area contributed by atoms with E-state index in [0.717, 1.165) is 16.0 Å². The number of amides is 2. The molecular formula is C23H23N3O4S2. The van der Waals surface area contributed by atoms with Gasteiger partial charge in [0.05, 0.1) is 12.7 Å². The Balaban J connectivity index is 1.62. The molecule has 0 aliphatic heterocycles. The molecule has 3 aromatic rings. The summed E-state index contributed by atoms with van der Waals surface area (Å²) in [5.41, 5.74) is 7.88. The molecule has 0 bridgehead atoms. The molecule has 0 aliphatic rings.